The number of hydrogen-bond donors (Lipinski definition) is 2. The first-order valence-electron chi connectivity index (χ1n) is 9.59. The van der Waals surface area contributed by atoms with E-state index in [0.717, 1.165) is 47.7 Å². The summed E-state index contributed by atoms with van der Waals surface area (Å²) >= 11 is 0. The number of carbonyl (C=O) groups is 2. The van der Waals surface area contributed by atoms with Crippen LogP contribution in [0.3, 0.4) is 0 Å². The zero-order valence-electron chi connectivity index (χ0n) is 15.7. The third-order valence-electron chi connectivity index (χ3n) is 5.20. The van der Waals surface area contributed by atoms with Gasteiger partial charge in [0.05, 0.1) is 17.8 Å². The highest BCUT2D eigenvalue weighted by atomic mass is 16.2. The molecule has 0 atom stereocenters. The zero-order chi connectivity index (χ0) is 19.8. The monoisotopic (exact) mass is 385 g/mol. The van der Waals surface area contributed by atoms with E-state index < -0.39 is 0 Å². The molecule has 7 heteroatoms. The third kappa shape index (κ3) is 3.31. The van der Waals surface area contributed by atoms with Gasteiger partial charge >= 0.3 is 0 Å². The topological polar surface area (TPSA) is 87.2 Å². The highest BCUT2D eigenvalue weighted by molar-refractivity contribution is 6.00. The van der Waals surface area contributed by atoms with Crippen molar-refractivity contribution in [3.8, 4) is 11.3 Å². The molecule has 0 spiro atoms. The van der Waals surface area contributed by atoms with Crippen LogP contribution in [0.2, 0.25) is 0 Å². The van der Waals surface area contributed by atoms with Crippen LogP contribution in [0.1, 0.15) is 22.3 Å². The number of anilines is 3. The first kappa shape index (κ1) is 17.4. The molecular formula is C22H19N5O2. The summed E-state index contributed by atoms with van der Waals surface area (Å²) < 4.78 is 0. The Morgan fingerprint density at radius 2 is 1.86 bits per heavy atom. The van der Waals surface area contributed by atoms with Gasteiger partial charge in [-0.25, -0.2) is 9.97 Å². The Morgan fingerprint density at radius 3 is 2.62 bits per heavy atom. The molecule has 29 heavy (non-hydrogen) atoms. The van der Waals surface area contributed by atoms with E-state index in [0.29, 0.717) is 11.5 Å². The molecule has 0 unspecified atom stereocenters. The standard InChI is InChI=1S/C22H19N5O2/c28-19-12-15-13-23-22(26-20(15)17-4-1-2-5-18(17)25-19)24-16-8-6-14(7-9-16)21(29)27-10-3-11-27/h1-2,4-9,13H,3,10-12H2,(H,25,28)(H,23,24,26). The van der Waals surface area contributed by atoms with Gasteiger partial charge in [0.15, 0.2) is 0 Å². The molecule has 2 aromatic carbocycles. The second kappa shape index (κ2) is 7.01. The zero-order valence-corrected chi connectivity index (χ0v) is 15.7. The van der Waals surface area contributed by atoms with Gasteiger partial charge in [-0.15, -0.1) is 0 Å². The molecule has 2 aliphatic heterocycles. The maximum atomic E-state index is 12.3. The normalized spacial score (nSPS) is 14.8. The Hall–Kier alpha value is -3.74. The van der Waals surface area contributed by atoms with E-state index in [9.17, 15) is 9.59 Å². The minimum atomic E-state index is -0.0806. The van der Waals surface area contributed by atoms with Crippen LogP contribution in [0.15, 0.2) is 54.7 Å². The number of fused-ring (bicyclic) bond motifs is 3. The number of nitrogens with zero attached hydrogens (tertiary/aromatic N) is 3. The number of likely N-dealkylation sites (tertiary alicyclic amines) is 1. The molecule has 0 radical (unpaired) electrons. The largest absolute Gasteiger partial charge is 0.339 e. The van der Waals surface area contributed by atoms with E-state index in [1.165, 1.54) is 0 Å². The molecule has 144 valence electrons. The molecule has 0 bridgehead atoms. The maximum Gasteiger partial charge on any atom is 0.253 e. The summed E-state index contributed by atoms with van der Waals surface area (Å²) in [5, 5.41) is 6.10. The molecule has 5 rings (SSSR count). The molecule has 2 N–H and O–H groups in total. The molecule has 3 heterocycles. The summed E-state index contributed by atoms with van der Waals surface area (Å²) in [4.78, 5) is 35.3. The van der Waals surface area contributed by atoms with Crippen molar-refractivity contribution in [2.24, 2.45) is 0 Å². The molecule has 1 aromatic heterocycles. The number of carbonyl (C=O) groups excluding carboxylic acids is 2. The second-order valence-electron chi connectivity index (χ2n) is 7.19. The van der Waals surface area contributed by atoms with E-state index in [2.05, 4.69) is 20.6 Å². The Bertz CT molecular complexity index is 1110. The lowest BCUT2D eigenvalue weighted by Gasteiger charge is -2.30. The Balaban J connectivity index is 1.42. The summed E-state index contributed by atoms with van der Waals surface area (Å²) in [7, 11) is 0. The van der Waals surface area contributed by atoms with Crippen molar-refractivity contribution in [2.45, 2.75) is 12.8 Å². The highest BCUT2D eigenvalue weighted by Crippen LogP contribution is 2.32. The number of hydrogen-bond acceptors (Lipinski definition) is 5. The number of benzene rings is 2. The van der Waals surface area contributed by atoms with E-state index >= 15 is 0 Å². The molecular weight excluding hydrogens is 366 g/mol. The van der Waals surface area contributed by atoms with Crippen molar-refractivity contribution in [3.63, 3.8) is 0 Å². The second-order valence-corrected chi connectivity index (χ2v) is 7.19. The molecule has 2 aliphatic rings. The lowest BCUT2D eigenvalue weighted by molar-refractivity contribution is -0.115. The van der Waals surface area contributed by atoms with Crippen molar-refractivity contribution in [3.05, 3.63) is 65.9 Å². The number of nitrogens with one attached hydrogen (secondary N) is 2. The molecule has 1 saturated heterocycles. The Labute approximate surface area is 167 Å². The smallest absolute Gasteiger partial charge is 0.253 e. The van der Waals surface area contributed by atoms with Crippen molar-refractivity contribution >= 4 is 29.1 Å². The van der Waals surface area contributed by atoms with Gasteiger partial charge in [0.1, 0.15) is 0 Å². The number of amides is 2. The van der Waals surface area contributed by atoms with Crippen molar-refractivity contribution in [2.75, 3.05) is 23.7 Å². The van der Waals surface area contributed by atoms with Crippen LogP contribution in [-0.2, 0) is 11.2 Å². The van der Waals surface area contributed by atoms with Gasteiger partial charge in [-0.1, -0.05) is 18.2 Å². The number of aromatic nitrogens is 2. The third-order valence-corrected chi connectivity index (χ3v) is 5.20. The van der Waals surface area contributed by atoms with E-state index in [-0.39, 0.29) is 18.2 Å². The fourth-order valence-corrected chi connectivity index (χ4v) is 3.52. The number of rotatable bonds is 3. The Kier molecular flexibility index (Phi) is 4.20. The predicted octanol–water partition coefficient (Wildman–Crippen LogP) is 3.23. The summed E-state index contributed by atoms with van der Waals surface area (Å²) in [6, 6.07) is 14.9. The quantitative estimate of drug-likeness (QED) is 0.723. The minimum Gasteiger partial charge on any atom is -0.339 e. The van der Waals surface area contributed by atoms with Crippen LogP contribution in [0, 0.1) is 0 Å². The average Bonchev–Trinajstić information content (AvgIpc) is 2.82. The van der Waals surface area contributed by atoms with E-state index in [1.807, 2.05) is 53.4 Å². The number of para-hydroxylation sites is 1. The Morgan fingerprint density at radius 1 is 1.07 bits per heavy atom. The van der Waals surface area contributed by atoms with E-state index in [1.54, 1.807) is 6.20 Å². The SMILES string of the molecule is O=C1Cc2cnc(Nc3ccc(C(=O)N4CCC4)cc3)nc2-c2ccccc2N1. The first-order valence-corrected chi connectivity index (χ1v) is 9.59. The van der Waals surface area contributed by atoms with Crippen LogP contribution in [0.4, 0.5) is 17.3 Å². The van der Waals surface area contributed by atoms with Gasteiger partial charge in [0, 0.05) is 41.7 Å². The van der Waals surface area contributed by atoms with Gasteiger partial charge < -0.3 is 15.5 Å². The van der Waals surface area contributed by atoms with Gasteiger partial charge in [-0.2, -0.15) is 0 Å². The summed E-state index contributed by atoms with van der Waals surface area (Å²) in [6.07, 6.45) is 3.00. The van der Waals surface area contributed by atoms with Crippen LogP contribution >= 0.6 is 0 Å². The van der Waals surface area contributed by atoms with Gasteiger partial charge in [-0.3, -0.25) is 9.59 Å². The summed E-state index contributed by atoms with van der Waals surface area (Å²) in [6.45, 7) is 1.67. The molecule has 1 fully saturated rings. The van der Waals surface area contributed by atoms with Crippen molar-refractivity contribution in [1.82, 2.24) is 14.9 Å². The van der Waals surface area contributed by atoms with Crippen LogP contribution in [0.25, 0.3) is 11.3 Å². The summed E-state index contributed by atoms with van der Waals surface area (Å²) in [5.41, 5.74) is 4.61. The lowest BCUT2D eigenvalue weighted by atomic mass is 10.1. The van der Waals surface area contributed by atoms with Gasteiger partial charge in [0.2, 0.25) is 11.9 Å². The van der Waals surface area contributed by atoms with Crippen molar-refractivity contribution in [1.29, 1.82) is 0 Å². The fraction of sp³-hybridized carbons (Fsp3) is 0.182. The fourth-order valence-electron chi connectivity index (χ4n) is 3.52. The van der Waals surface area contributed by atoms with Crippen LogP contribution in [-0.4, -0.2) is 39.8 Å². The molecule has 3 aromatic rings. The molecule has 2 amide bonds. The molecule has 0 aliphatic carbocycles. The summed E-state index contributed by atoms with van der Waals surface area (Å²) in [5.74, 6) is 0.426. The predicted molar refractivity (Wildman–Crippen MR) is 110 cm³/mol. The van der Waals surface area contributed by atoms with Crippen LogP contribution in [0.5, 0.6) is 0 Å². The lowest BCUT2D eigenvalue weighted by Crippen LogP contribution is -2.41. The van der Waals surface area contributed by atoms with Crippen molar-refractivity contribution < 1.29 is 9.59 Å². The minimum absolute atomic E-state index is 0.0675. The van der Waals surface area contributed by atoms with Gasteiger partial charge in [-0.05, 0) is 36.8 Å². The van der Waals surface area contributed by atoms with E-state index in [4.69, 9.17) is 0 Å². The molecule has 7 nitrogen and oxygen atoms in total. The average molecular weight is 385 g/mol. The van der Waals surface area contributed by atoms with Gasteiger partial charge in [0.25, 0.3) is 5.91 Å². The maximum absolute atomic E-state index is 12.3. The first-order chi connectivity index (χ1) is 14.2. The molecule has 0 saturated carbocycles. The highest BCUT2D eigenvalue weighted by Gasteiger charge is 2.22. The van der Waals surface area contributed by atoms with Crippen LogP contribution < -0.4 is 10.6 Å².